The van der Waals surface area contributed by atoms with Crippen molar-refractivity contribution in [2.75, 3.05) is 11.1 Å². The molecule has 0 aromatic heterocycles. The van der Waals surface area contributed by atoms with Gasteiger partial charge in [-0.3, -0.25) is 14.9 Å². The van der Waals surface area contributed by atoms with Gasteiger partial charge in [0.05, 0.1) is 5.56 Å². The predicted molar refractivity (Wildman–Crippen MR) is 65.7 cm³/mol. The number of hydrogen-bond donors (Lipinski definition) is 3. The SMILES string of the molecule is Nc1ccc(NC2CCC(=O)NC2=O)c(C(F)(F)F)c1. The number of piperidine rings is 1. The monoisotopic (exact) mass is 287 g/mol. The van der Waals surface area contributed by atoms with Crippen LogP contribution in [0, 0.1) is 0 Å². The maximum absolute atomic E-state index is 12.9. The highest BCUT2D eigenvalue weighted by atomic mass is 19.4. The first-order valence-electron chi connectivity index (χ1n) is 5.84. The van der Waals surface area contributed by atoms with Gasteiger partial charge in [-0.15, -0.1) is 0 Å². The van der Waals surface area contributed by atoms with E-state index in [9.17, 15) is 22.8 Å². The van der Waals surface area contributed by atoms with Crippen LogP contribution in [0.1, 0.15) is 18.4 Å². The van der Waals surface area contributed by atoms with Gasteiger partial charge in [-0.05, 0) is 24.6 Å². The summed E-state index contributed by atoms with van der Waals surface area (Å²) in [6.07, 6.45) is -4.36. The van der Waals surface area contributed by atoms with Crippen molar-refractivity contribution in [2.45, 2.75) is 25.1 Å². The number of benzene rings is 1. The number of amides is 2. The van der Waals surface area contributed by atoms with E-state index in [1.807, 2.05) is 0 Å². The lowest BCUT2D eigenvalue weighted by Crippen LogP contribution is -2.47. The third-order valence-electron chi connectivity index (χ3n) is 2.92. The minimum atomic E-state index is -4.58. The van der Waals surface area contributed by atoms with Crippen LogP contribution in [0.15, 0.2) is 18.2 Å². The fourth-order valence-corrected chi connectivity index (χ4v) is 1.94. The third kappa shape index (κ3) is 3.01. The summed E-state index contributed by atoms with van der Waals surface area (Å²) in [6.45, 7) is 0. The van der Waals surface area contributed by atoms with E-state index in [1.165, 1.54) is 12.1 Å². The number of nitrogens with two attached hydrogens (primary N) is 1. The largest absolute Gasteiger partial charge is 0.418 e. The molecule has 2 amide bonds. The Morgan fingerprint density at radius 1 is 1.30 bits per heavy atom. The van der Waals surface area contributed by atoms with Crippen LogP contribution < -0.4 is 16.4 Å². The minimum absolute atomic E-state index is 0.0221. The molecule has 1 unspecified atom stereocenters. The van der Waals surface area contributed by atoms with Crippen molar-refractivity contribution in [2.24, 2.45) is 0 Å². The number of nitrogens with one attached hydrogen (secondary N) is 2. The first-order chi connectivity index (χ1) is 9.27. The lowest BCUT2D eigenvalue weighted by Gasteiger charge is -2.24. The fourth-order valence-electron chi connectivity index (χ4n) is 1.94. The standard InChI is InChI=1S/C12H12F3N3O2/c13-12(14,15)7-5-6(16)1-2-8(7)17-9-3-4-10(19)18-11(9)20/h1-2,5,9,17H,3-4,16H2,(H,18,19,20). The molecule has 1 heterocycles. The lowest BCUT2D eigenvalue weighted by atomic mass is 10.0. The number of rotatable bonds is 2. The van der Waals surface area contributed by atoms with Crippen molar-refractivity contribution in [1.29, 1.82) is 0 Å². The molecule has 5 nitrogen and oxygen atoms in total. The van der Waals surface area contributed by atoms with Crippen LogP contribution in [0.2, 0.25) is 0 Å². The molecular formula is C12H12F3N3O2. The Kier molecular flexibility index (Phi) is 3.56. The minimum Gasteiger partial charge on any atom is -0.399 e. The molecule has 1 aliphatic rings. The number of halogens is 3. The summed E-state index contributed by atoms with van der Waals surface area (Å²) in [5, 5.41) is 4.59. The van der Waals surface area contributed by atoms with Crippen LogP contribution in [0.3, 0.4) is 0 Å². The molecule has 1 aromatic carbocycles. The molecule has 108 valence electrons. The van der Waals surface area contributed by atoms with E-state index in [0.717, 1.165) is 6.07 Å². The Morgan fingerprint density at radius 2 is 2.00 bits per heavy atom. The molecule has 0 radical (unpaired) electrons. The van der Waals surface area contributed by atoms with Gasteiger partial charge in [0.25, 0.3) is 0 Å². The summed E-state index contributed by atoms with van der Waals surface area (Å²) in [4.78, 5) is 22.5. The van der Waals surface area contributed by atoms with Gasteiger partial charge in [-0.25, -0.2) is 0 Å². The van der Waals surface area contributed by atoms with Crippen molar-refractivity contribution < 1.29 is 22.8 Å². The lowest BCUT2D eigenvalue weighted by molar-refractivity contribution is -0.137. The van der Waals surface area contributed by atoms with Gasteiger partial charge in [-0.1, -0.05) is 0 Å². The van der Waals surface area contributed by atoms with Gasteiger partial charge in [0.15, 0.2) is 0 Å². The normalized spacial score (nSPS) is 19.6. The highest BCUT2D eigenvalue weighted by Crippen LogP contribution is 2.36. The Balaban J connectivity index is 2.25. The van der Waals surface area contributed by atoms with Crippen molar-refractivity contribution in [3.05, 3.63) is 23.8 Å². The topological polar surface area (TPSA) is 84.2 Å². The number of carbonyl (C=O) groups excluding carboxylic acids is 2. The number of hydrogen-bond acceptors (Lipinski definition) is 4. The van der Waals surface area contributed by atoms with Crippen molar-refractivity contribution in [3.63, 3.8) is 0 Å². The molecule has 2 rings (SSSR count). The molecule has 1 aromatic rings. The molecule has 8 heteroatoms. The quantitative estimate of drug-likeness (QED) is 0.568. The third-order valence-corrected chi connectivity index (χ3v) is 2.92. The molecular weight excluding hydrogens is 275 g/mol. The average Bonchev–Trinajstić information content (AvgIpc) is 2.33. The first kappa shape index (κ1) is 14.2. The van der Waals surface area contributed by atoms with Crippen LogP contribution in [0.25, 0.3) is 0 Å². The molecule has 1 fully saturated rings. The summed E-state index contributed by atoms with van der Waals surface area (Å²) >= 11 is 0. The maximum atomic E-state index is 12.9. The number of anilines is 2. The highest BCUT2D eigenvalue weighted by molar-refractivity contribution is 6.01. The van der Waals surface area contributed by atoms with Crippen LogP contribution in [-0.2, 0) is 15.8 Å². The van der Waals surface area contributed by atoms with Crippen molar-refractivity contribution in [1.82, 2.24) is 5.32 Å². The molecule has 4 N–H and O–H groups in total. The second-order valence-corrected chi connectivity index (χ2v) is 4.45. The van der Waals surface area contributed by atoms with Gasteiger partial charge in [0, 0.05) is 17.8 Å². The predicted octanol–water partition coefficient (Wildman–Crippen LogP) is 1.50. The number of imide groups is 1. The van der Waals surface area contributed by atoms with Gasteiger partial charge < -0.3 is 11.1 Å². The van der Waals surface area contributed by atoms with E-state index in [1.54, 1.807) is 0 Å². The molecule has 0 saturated carbocycles. The Morgan fingerprint density at radius 3 is 2.60 bits per heavy atom. The van der Waals surface area contributed by atoms with Crippen molar-refractivity contribution in [3.8, 4) is 0 Å². The molecule has 1 saturated heterocycles. The Hall–Kier alpha value is -2.25. The summed E-state index contributed by atoms with van der Waals surface area (Å²) < 4.78 is 38.7. The maximum Gasteiger partial charge on any atom is 0.418 e. The molecule has 20 heavy (non-hydrogen) atoms. The molecule has 0 bridgehead atoms. The van der Waals surface area contributed by atoms with E-state index in [0.29, 0.717) is 0 Å². The number of nitrogen functional groups attached to an aromatic ring is 1. The van der Waals surface area contributed by atoms with Crippen LogP contribution in [0.5, 0.6) is 0 Å². The molecule has 0 aliphatic carbocycles. The van der Waals surface area contributed by atoms with Gasteiger partial charge in [0.2, 0.25) is 11.8 Å². The second-order valence-electron chi connectivity index (χ2n) is 4.45. The van der Waals surface area contributed by atoms with E-state index in [2.05, 4.69) is 10.6 Å². The van der Waals surface area contributed by atoms with Crippen LogP contribution in [-0.4, -0.2) is 17.9 Å². The van der Waals surface area contributed by atoms with Crippen molar-refractivity contribution >= 4 is 23.2 Å². The highest BCUT2D eigenvalue weighted by Gasteiger charge is 2.35. The zero-order valence-corrected chi connectivity index (χ0v) is 10.3. The average molecular weight is 287 g/mol. The molecule has 1 aliphatic heterocycles. The molecule has 1 atom stereocenters. The zero-order valence-electron chi connectivity index (χ0n) is 10.3. The second kappa shape index (κ2) is 5.03. The first-order valence-corrected chi connectivity index (χ1v) is 5.84. The number of carbonyl (C=O) groups is 2. The fraction of sp³-hybridized carbons (Fsp3) is 0.333. The number of alkyl halides is 3. The summed E-state index contributed by atoms with van der Waals surface area (Å²) in [5.74, 6) is -1.06. The van der Waals surface area contributed by atoms with E-state index < -0.39 is 29.6 Å². The van der Waals surface area contributed by atoms with Gasteiger partial charge >= 0.3 is 6.18 Å². The summed E-state index contributed by atoms with van der Waals surface area (Å²) in [5.41, 5.74) is 4.15. The van der Waals surface area contributed by atoms with Gasteiger partial charge in [-0.2, -0.15) is 13.2 Å². The van der Waals surface area contributed by atoms with Crippen LogP contribution >= 0.6 is 0 Å². The van der Waals surface area contributed by atoms with Gasteiger partial charge in [0.1, 0.15) is 6.04 Å². The van der Waals surface area contributed by atoms with E-state index in [4.69, 9.17) is 5.73 Å². The molecule has 0 spiro atoms. The summed E-state index contributed by atoms with van der Waals surface area (Å²) in [6, 6.07) is 2.40. The van der Waals surface area contributed by atoms with Crippen LogP contribution in [0.4, 0.5) is 24.5 Å². The Labute approximate surface area is 112 Å². The van der Waals surface area contributed by atoms with E-state index in [-0.39, 0.29) is 24.2 Å². The van der Waals surface area contributed by atoms with E-state index >= 15 is 0 Å². The Bertz CT molecular complexity index is 557. The summed E-state index contributed by atoms with van der Waals surface area (Å²) in [7, 11) is 0. The smallest absolute Gasteiger partial charge is 0.399 e. The zero-order chi connectivity index (χ0) is 14.9.